The summed E-state index contributed by atoms with van der Waals surface area (Å²) in [5.74, 6) is 0.205. The summed E-state index contributed by atoms with van der Waals surface area (Å²) in [6.07, 6.45) is 0.652. The first-order valence-corrected chi connectivity index (χ1v) is 7.45. The Balaban J connectivity index is 2.50. The van der Waals surface area contributed by atoms with Gasteiger partial charge in [-0.1, -0.05) is 27.7 Å². The largest absolute Gasteiger partial charge is 0.320 e. The first-order valence-electron chi connectivity index (χ1n) is 5.80. The molecule has 0 aromatic heterocycles. The fourth-order valence-electron chi connectivity index (χ4n) is 2.17. The molecule has 2 N–H and O–H groups in total. The van der Waals surface area contributed by atoms with Gasteiger partial charge in [0.2, 0.25) is 10.0 Å². The SMILES string of the molecule is CNCCCS(=O)(=O)NC1C(C)(C)C1(C)C. The van der Waals surface area contributed by atoms with Crippen LogP contribution in [0.25, 0.3) is 0 Å². The summed E-state index contributed by atoms with van der Waals surface area (Å²) in [4.78, 5) is 0. The molecule has 0 saturated heterocycles. The van der Waals surface area contributed by atoms with Crippen LogP contribution in [0.2, 0.25) is 0 Å². The van der Waals surface area contributed by atoms with Crippen LogP contribution in [0.3, 0.4) is 0 Å². The van der Waals surface area contributed by atoms with E-state index < -0.39 is 10.0 Å². The highest BCUT2D eigenvalue weighted by Crippen LogP contribution is 2.62. The lowest BCUT2D eigenvalue weighted by Crippen LogP contribution is -2.32. The van der Waals surface area contributed by atoms with Gasteiger partial charge in [-0.2, -0.15) is 0 Å². The minimum absolute atomic E-state index is 0.0586. The van der Waals surface area contributed by atoms with E-state index >= 15 is 0 Å². The third kappa shape index (κ3) is 2.57. The molecule has 0 aliphatic heterocycles. The molecule has 1 fully saturated rings. The van der Waals surface area contributed by atoms with Crippen LogP contribution in [0.15, 0.2) is 0 Å². The summed E-state index contributed by atoms with van der Waals surface area (Å²) in [6, 6.07) is 0.0691. The summed E-state index contributed by atoms with van der Waals surface area (Å²) in [5.41, 5.74) is 0.117. The molecule has 1 aliphatic rings. The minimum Gasteiger partial charge on any atom is -0.320 e. The third-order valence-corrected chi connectivity index (χ3v) is 5.58. The summed E-state index contributed by atoms with van der Waals surface area (Å²) < 4.78 is 26.4. The molecule has 0 aromatic rings. The molecule has 0 spiro atoms. The van der Waals surface area contributed by atoms with Crippen LogP contribution in [0.4, 0.5) is 0 Å². The lowest BCUT2D eigenvalue weighted by molar-refractivity contribution is 0.457. The van der Waals surface area contributed by atoms with Gasteiger partial charge < -0.3 is 5.32 Å². The number of sulfonamides is 1. The van der Waals surface area contributed by atoms with E-state index in [4.69, 9.17) is 0 Å². The van der Waals surface area contributed by atoms with E-state index in [1.807, 2.05) is 7.05 Å². The van der Waals surface area contributed by atoms with Crippen molar-refractivity contribution in [1.29, 1.82) is 0 Å². The molecule has 0 unspecified atom stereocenters. The number of nitrogens with one attached hydrogen (secondary N) is 2. The number of hydrogen-bond acceptors (Lipinski definition) is 3. The van der Waals surface area contributed by atoms with Gasteiger partial charge >= 0.3 is 0 Å². The van der Waals surface area contributed by atoms with E-state index in [0.717, 1.165) is 6.54 Å². The van der Waals surface area contributed by atoms with Crippen molar-refractivity contribution < 1.29 is 8.42 Å². The Morgan fingerprint density at radius 3 is 2.00 bits per heavy atom. The molecule has 0 atom stereocenters. The van der Waals surface area contributed by atoms with Gasteiger partial charge in [-0.15, -0.1) is 0 Å². The molecule has 5 heteroatoms. The molecule has 1 saturated carbocycles. The van der Waals surface area contributed by atoms with Gasteiger partial charge in [-0.3, -0.25) is 0 Å². The predicted octanol–water partition coefficient (Wildman–Crippen LogP) is 0.950. The highest BCUT2D eigenvalue weighted by molar-refractivity contribution is 7.89. The quantitative estimate of drug-likeness (QED) is 0.688. The van der Waals surface area contributed by atoms with Gasteiger partial charge in [-0.05, 0) is 30.8 Å². The maximum absolute atomic E-state index is 11.8. The molecule has 0 heterocycles. The molecule has 16 heavy (non-hydrogen) atoms. The standard InChI is InChI=1S/C11H24N2O2S/c1-10(2)9(11(10,3)4)13-16(14,15)8-6-7-12-5/h9,12-13H,6-8H2,1-5H3. The average molecular weight is 248 g/mol. The lowest BCUT2D eigenvalue weighted by atomic mass is 10.0. The van der Waals surface area contributed by atoms with Crippen LogP contribution in [-0.4, -0.2) is 33.8 Å². The fraction of sp³-hybridized carbons (Fsp3) is 1.00. The highest BCUT2D eigenvalue weighted by Gasteiger charge is 2.65. The van der Waals surface area contributed by atoms with Gasteiger partial charge in [-0.25, -0.2) is 13.1 Å². The average Bonchev–Trinajstić information content (AvgIpc) is 2.48. The molecule has 0 radical (unpaired) electrons. The molecule has 4 nitrogen and oxygen atoms in total. The van der Waals surface area contributed by atoms with Gasteiger partial charge in [0.1, 0.15) is 0 Å². The highest BCUT2D eigenvalue weighted by atomic mass is 32.2. The van der Waals surface area contributed by atoms with Gasteiger partial charge in [0.05, 0.1) is 5.75 Å². The molecule has 0 aromatic carbocycles. The molecule has 96 valence electrons. The third-order valence-electron chi connectivity index (χ3n) is 4.16. The normalized spacial score (nSPS) is 23.3. The lowest BCUT2D eigenvalue weighted by Gasteiger charge is -2.07. The van der Waals surface area contributed by atoms with Crippen LogP contribution in [0.5, 0.6) is 0 Å². The second-order valence-corrected chi connectivity index (χ2v) is 7.64. The molecule has 0 amide bonds. The van der Waals surface area contributed by atoms with Crippen molar-refractivity contribution in [2.45, 2.75) is 40.2 Å². The zero-order valence-corrected chi connectivity index (χ0v) is 11.7. The zero-order chi connectivity index (χ0) is 12.6. The Labute approximate surface area is 99.2 Å². The van der Waals surface area contributed by atoms with Crippen LogP contribution in [0.1, 0.15) is 34.1 Å². The van der Waals surface area contributed by atoms with Crippen molar-refractivity contribution in [2.75, 3.05) is 19.3 Å². The van der Waals surface area contributed by atoms with Crippen molar-refractivity contribution in [3.63, 3.8) is 0 Å². The Morgan fingerprint density at radius 1 is 1.12 bits per heavy atom. The molecule has 1 aliphatic carbocycles. The Hall–Kier alpha value is -0.130. The Bertz CT molecular complexity index is 333. The number of rotatable bonds is 6. The van der Waals surface area contributed by atoms with Crippen LogP contribution < -0.4 is 10.0 Å². The Morgan fingerprint density at radius 2 is 1.62 bits per heavy atom. The second kappa shape index (κ2) is 4.27. The summed E-state index contributed by atoms with van der Waals surface area (Å²) in [5, 5.41) is 2.95. The second-order valence-electron chi connectivity index (χ2n) is 5.77. The van der Waals surface area contributed by atoms with E-state index in [2.05, 4.69) is 37.7 Å². The summed E-state index contributed by atoms with van der Waals surface area (Å²) in [6.45, 7) is 9.15. The first-order chi connectivity index (χ1) is 7.15. The summed E-state index contributed by atoms with van der Waals surface area (Å²) >= 11 is 0. The zero-order valence-electron chi connectivity index (χ0n) is 10.9. The Kier molecular flexibility index (Phi) is 3.72. The van der Waals surface area contributed by atoms with E-state index in [1.54, 1.807) is 0 Å². The predicted molar refractivity (Wildman–Crippen MR) is 66.8 cm³/mol. The first kappa shape index (κ1) is 13.9. The molecule has 0 bridgehead atoms. The van der Waals surface area contributed by atoms with Crippen molar-refractivity contribution in [1.82, 2.24) is 10.0 Å². The van der Waals surface area contributed by atoms with Gasteiger partial charge in [0.15, 0.2) is 0 Å². The van der Waals surface area contributed by atoms with Crippen LogP contribution >= 0.6 is 0 Å². The maximum atomic E-state index is 11.8. The van der Waals surface area contributed by atoms with Crippen molar-refractivity contribution in [3.8, 4) is 0 Å². The van der Waals surface area contributed by atoms with Crippen molar-refractivity contribution in [2.24, 2.45) is 10.8 Å². The van der Waals surface area contributed by atoms with Gasteiger partial charge in [0.25, 0.3) is 0 Å². The maximum Gasteiger partial charge on any atom is 0.211 e. The van der Waals surface area contributed by atoms with Crippen molar-refractivity contribution in [3.05, 3.63) is 0 Å². The monoisotopic (exact) mass is 248 g/mol. The van der Waals surface area contributed by atoms with E-state index in [0.29, 0.717) is 6.42 Å². The van der Waals surface area contributed by atoms with Crippen LogP contribution in [-0.2, 0) is 10.0 Å². The smallest absolute Gasteiger partial charge is 0.211 e. The van der Waals surface area contributed by atoms with Crippen molar-refractivity contribution >= 4 is 10.0 Å². The van der Waals surface area contributed by atoms with E-state index in [9.17, 15) is 8.42 Å². The van der Waals surface area contributed by atoms with Gasteiger partial charge in [0, 0.05) is 6.04 Å². The molecular formula is C11H24N2O2S. The van der Waals surface area contributed by atoms with E-state index in [-0.39, 0.29) is 22.6 Å². The summed E-state index contributed by atoms with van der Waals surface area (Å²) in [7, 11) is -1.30. The number of hydrogen-bond donors (Lipinski definition) is 2. The minimum atomic E-state index is -3.12. The topological polar surface area (TPSA) is 58.2 Å². The molecule has 1 rings (SSSR count). The van der Waals surface area contributed by atoms with E-state index in [1.165, 1.54) is 0 Å². The fourth-order valence-corrected chi connectivity index (χ4v) is 3.76. The molecular weight excluding hydrogens is 224 g/mol. The van der Waals surface area contributed by atoms with Crippen LogP contribution in [0, 0.1) is 10.8 Å².